The van der Waals surface area contributed by atoms with Crippen LogP contribution < -0.4 is 10.2 Å². The predicted molar refractivity (Wildman–Crippen MR) is 80.5 cm³/mol. The average Bonchev–Trinajstić information content (AvgIpc) is 2.33. The second kappa shape index (κ2) is 6.91. The van der Waals surface area contributed by atoms with Crippen LogP contribution in [0.25, 0.3) is 0 Å². The first-order valence-corrected chi connectivity index (χ1v) is 8.42. The highest BCUT2D eigenvalue weighted by molar-refractivity contribution is 7.90. The van der Waals surface area contributed by atoms with Gasteiger partial charge in [-0.15, -0.1) is 0 Å². The summed E-state index contributed by atoms with van der Waals surface area (Å²) < 4.78 is 22.7. The minimum Gasteiger partial charge on any atom is -0.373 e. The molecule has 0 amide bonds. The topological polar surface area (TPSA) is 49.4 Å². The third kappa shape index (κ3) is 5.61. The van der Waals surface area contributed by atoms with Crippen LogP contribution in [-0.4, -0.2) is 41.4 Å². The van der Waals surface area contributed by atoms with Gasteiger partial charge in [-0.1, -0.05) is 13.8 Å². The van der Waals surface area contributed by atoms with Gasteiger partial charge in [0.2, 0.25) is 0 Å². The van der Waals surface area contributed by atoms with E-state index in [0.717, 1.165) is 25.3 Å². The van der Waals surface area contributed by atoms with E-state index < -0.39 is 9.84 Å². The number of likely N-dealkylation sites (N-methyl/N-ethyl adjacent to an activating group) is 1. The Hall–Kier alpha value is -1.07. The third-order valence-corrected chi connectivity index (χ3v) is 4.01. The molecule has 4 nitrogen and oxygen atoms in total. The van der Waals surface area contributed by atoms with Crippen molar-refractivity contribution in [1.82, 2.24) is 5.32 Å². The zero-order valence-electron chi connectivity index (χ0n) is 12.2. The van der Waals surface area contributed by atoms with Gasteiger partial charge < -0.3 is 10.2 Å². The fraction of sp³-hybridized carbons (Fsp3) is 0.571. The van der Waals surface area contributed by atoms with Crippen molar-refractivity contribution in [2.75, 3.05) is 37.8 Å². The van der Waals surface area contributed by atoms with Crippen molar-refractivity contribution in [3.63, 3.8) is 0 Å². The van der Waals surface area contributed by atoms with Gasteiger partial charge in [-0.2, -0.15) is 0 Å². The molecule has 0 aromatic heterocycles. The first-order valence-electron chi connectivity index (χ1n) is 6.52. The van der Waals surface area contributed by atoms with Gasteiger partial charge in [-0.25, -0.2) is 8.42 Å². The average molecular weight is 284 g/mol. The van der Waals surface area contributed by atoms with Gasteiger partial charge in [0.25, 0.3) is 0 Å². The van der Waals surface area contributed by atoms with E-state index in [-0.39, 0.29) is 0 Å². The lowest BCUT2D eigenvalue weighted by Crippen LogP contribution is -2.31. The van der Waals surface area contributed by atoms with Gasteiger partial charge in [-0.05, 0) is 36.7 Å². The number of hydrogen-bond donors (Lipinski definition) is 1. The van der Waals surface area contributed by atoms with Crippen LogP contribution in [0.2, 0.25) is 0 Å². The standard InChI is InChI=1S/C14H24N2O2S/c1-12(2)11-15-9-10-16(3)13-5-7-14(8-6-13)19(4,17)18/h5-8,12,15H,9-11H2,1-4H3. The van der Waals surface area contributed by atoms with Crippen LogP contribution in [-0.2, 0) is 9.84 Å². The third-order valence-electron chi connectivity index (χ3n) is 2.88. The van der Waals surface area contributed by atoms with E-state index >= 15 is 0 Å². The molecule has 0 radical (unpaired) electrons. The molecule has 1 aromatic carbocycles. The molecule has 1 rings (SSSR count). The van der Waals surface area contributed by atoms with Crippen LogP contribution in [0.3, 0.4) is 0 Å². The lowest BCUT2D eigenvalue weighted by atomic mass is 10.2. The summed E-state index contributed by atoms with van der Waals surface area (Å²) in [4.78, 5) is 2.47. The Labute approximate surface area is 116 Å². The van der Waals surface area contributed by atoms with E-state index in [1.54, 1.807) is 12.1 Å². The maximum absolute atomic E-state index is 11.4. The van der Waals surface area contributed by atoms with Gasteiger partial charge in [0.05, 0.1) is 4.90 Å². The maximum Gasteiger partial charge on any atom is 0.175 e. The van der Waals surface area contributed by atoms with Crippen molar-refractivity contribution >= 4 is 15.5 Å². The number of hydrogen-bond acceptors (Lipinski definition) is 4. The molecule has 0 bridgehead atoms. The quantitative estimate of drug-likeness (QED) is 0.775. The molecular weight excluding hydrogens is 260 g/mol. The summed E-state index contributed by atoms with van der Waals surface area (Å²) in [7, 11) is -1.10. The van der Waals surface area contributed by atoms with E-state index in [1.165, 1.54) is 6.26 Å². The van der Waals surface area contributed by atoms with Crippen molar-refractivity contribution in [2.45, 2.75) is 18.7 Å². The molecule has 0 heterocycles. The lowest BCUT2D eigenvalue weighted by molar-refractivity contribution is 0.554. The maximum atomic E-state index is 11.4. The van der Waals surface area contributed by atoms with Gasteiger partial charge in [0.15, 0.2) is 9.84 Å². The van der Waals surface area contributed by atoms with Crippen LogP contribution in [0.1, 0.15) is 13.8 Å². The molecular formula is C14H24N2O2S. The van der Waals surface area contributed by atoms with Gasteiger partial charge in [0.1, 0.15) is 0 Å². The molecule has 0 fully saturated rings. The summed E-state index contributed by atoms with van der Waals surface area (Å²) >= 11 is 0. The zero-order valence-corrected chi connectivity index (χ0v) is 13.0. The van der Waals surface area contributed by atoms with Crippen LogP contribution in [0.15, 0.2) is 29.2 Å². The number of nitrogens with one attached hydrogen (secondary N) is 1. The molecule has 0 aliphatic carbocycles. The number of nitrogens with zero attached hydrogens (tertiary/aromatic N) is 1. The van der Waals surface area contributed by atoms with Crippen molar-refractivity contribution in [3.05, 3.63) is 24.3 Å². The highest BCUT2D eigenvalue weighted by Gasteiger charge is 2.07. The predicted octanol–water partition coefficient (Wildman–Crippen LogP) is 1.77. The summed E-state index contributed by atoms with van der Waals surface area (Å²) in [5, 5.41) is 3.38. The van der Waals surface area contributed by atoms with Gasteiger partial charge in [-0.3, -0.25) is 0 Å². The molecule has 5 heteroatoms. The van der Waals surface area contributed by atoms with Crippen LogP contribution in [0.4, 0.5) is 5.69 Å². The Kier molecular flexibility index (Phi) is 5.82. The first-order chi connectivity index (χ1) is 8.80. The normalized spacial score (nSPS) is 11.8. The Balaban J connectivity index is 2.51. The van der Waals surface area contributed by atoms with E-state index in [1.807, 2.05) is 19.2 Å². The molecule has 0 aliphatic heterocycles. The highest BCUT2D eigenvalue weighted by Crippen LogP contribution is 2.16. The molecule has 0 atom stereocenters. The smallest absolute Gasteiger partial charge is 0.175 e. The Bertz CT molecular complexity index is 481. The second-order valence-electron chi connectivity index (χ2n) is 5.29. The largest absolute Gasteiger partial charge is 0.373 e. The van der Waals surface area contributed by atoms with Gasteiger partial charge >= 0.3 is 0 Å². The zero-order chi connectivity index (χ0) is 14.5. The van der Waals surface area contributed by atoms with Crippen molar-refractivity contribution in [3.8, 4) is 0 Å². The Morgan fingerprint density at radius 1 is 1.21 bits per heavy atom. The molecule has 19 heavy (non-hydrogen) atoms. The molecule has 0 aliphatic rings. The monoisotopic (exact) mass is 284 g/mol. The van der Waals surface area contributed by atoms with E-state index in [2.05, 4.69) is 24.1 Å². The Morgan fingerprint density at radius 3 is 2.26 bits per heavy atom. The van der Waals surface area contributed by atoms with E-state index in [0.29, 0.717) is 10.8 Å². The summed E-state index contributed by atoms with van der Waals surface area (Å²) in [6.07, 6.45) is 1.22. The molecule has 0 unspecified atom stereocenters. The fourth-order valence-corrected chi connectivity index (χ4v) is 2.34. The molecule has 1 N–H and O–H groups in total. The molecule has 0 saturated carbocycles. The summed E-state index contributed by atoms with van der Waals surface area (Å²) in [5.41, 5.74) is 1.03. The SMILES string of the molecule is CC(C)CNCCN(C)c1ccc(S(C)(=O)=O)cc1. The number of sulfone groups is 1. The van der Waals surface area contributed by atoms with E-state index in [9.17, 15) is 8.42 Å². The minimum atomic E-state index is -3.11. The summed E-state index contributed by atoms with van der Waals surface area (Å²) in [5.74, 6) is 0.652. The fourth-order valence-electron chi connectivity index (χ4n) is 1.71. The van der Waals surface area contributed by atoms with Crippen LogP contribution in [0, 0.1) is 5.92 Å². The molecule has 0 spiro atoms. The van der Waals surface area contributed by atoms with Crippen molar-refractivity contribution < 1.29 is 8.42 Å². The van der Waals surface area contributed by atoms with E-state index in [4.69, 9.17) is 0 Å². The number of benzene rings is 1. The Morgan fingerprint density at radius 2 is 1.79 bits per heavy atom. The minimum absolute atomic E-state index is 0.364. The summed E-state index contributed by atoms with van der Waals surface area (Å²) in [6, 6.07) is 7.00. The first kappa shape index (κ1) is 16.0. The number of anilines is 1. The van der Waals surface area contributed by atoms with Crippen molar-refractivity contribution in [2.24, 2.45) is 5.92 Å². The van der Waals surface area contributed by atoms with Crippen molar-refractivity contribution in [1.29, 1.82) is 0 Å². The highest BCUT2D eigenvalue weighted by atomic mass is 32.2. The molecule has 0 saturated heterocycles. The number of rotatable bonds is 7. The van der Waals surface area contributed by atoms with Crippen LogP contribution >= 0.6 is 0 Å². The van der Waals surface area contributed by atoms with Crippen LogP contribution in [0.5, 0.6) is 0 Å². The summed E-state index contributed by atoms with van der Waals surface area (Å²) in [6.45, 7) is 7.19. The second-order valence-corrected chi connectivity index (χ2v) is 7.30. The van der Waals surface area contributed by atoms with Gasteiger partial charge in [0, 0.05) is 32.1 Å². The molecule has 108 valence electrons. The molecule has 1 aromatic rings. The lowest BCUT2D eigenvalue weighted by Gasteiger charge is -2.20.